The van der Waals surface area contributed by atoms with Crippen molar-refractivity contribution in [1.29, 1.82) is 0 Å². The molecular formula is C25H21F6N3O5S2. The van der Waals surface area contributed by atoms with E-state index in [1.54, 1.807) is 0 Å². The molecule has 1 aliphatic rings. The van der Waals surface area contributed by atoms with E-state index in [1.165, 1.54) is 30.0 Å². The van der Waals surface area contributed by atoms with Gasteiger partial charge in [-0.05, 0) is 42.8 Å². The summed E-state index contributed by atoms with van der Waals surface area (Å²) in [5.74, 6) is -0.438. The Hall–Kier alpha value is -3.50. The molecular weight excluding hydrogens is 600 g/mol. The number of sulfonamides is 1. The van der Waals surface area contributed by atoms with Crippen LogP contribution in [-0.2, 0) is 31.9 Å². The van der Waals surface area contributed by atoms with Crippen molar-refractivity contribution in [2.24, 2.45) is 0 Å². The van der Waals surface area contributed by atoms with Gasteiger partial charge in [0.2, 0.25) is 10.9 Å². The van der Waals surface area contributed by atoms with Crippen LogP contribution >= 0.6 is 11.8 Å². The number of ether oxygens (including phenoxy) is 1. The zero-order valence-electron chi connectivity index (χ0n) is 21.0. The van der Waals surface area contributed by atoms with E-state index in [1.807, 2.05) is 0 Å². The summed E-state index contributed by atoms with van der Waals surface area (Å²) < 4.78 is 122. The van der Waals surface area contributed by atoms with Gasteiger partial charge in [0.05, 0.1) is 24.3 Å². The van der Waals surface area contributed by atoms with Gasteiger partial charge in [0.15, 0.2) is 0 Å². The standard InChI is InChI=1S/C25H21F6N3O5S2/c1-15-13-20(32-39-15)41(36,37)33-17-3-2-4-18(14-17)40-19-7-5-16(6-8-21(35)34-9-11-38-12-10-34)22(24(26,27)28)23(19)25(29,30)31/h2-8,13-14,33H,9-12H2,1H3/b8-6+. The van der Waals surface area contributed by atoms with Crippen molar-refractivity contribution in [2.75, 3.05) is 31.0 Å². The van der Waals surface area contributed by atoms with Crippen molar-refractivity contribution in [2.45, 2.75) is 34.1 Å². The number of rotatable bonds is 7. The smallest absolute Gasteiger partial charge is 0.378 e. The minimum atomic E-state index is -5.42. The molecule has 16 heteroatoms. The van der Waals surface area contributed by atoms with Crippen LogP contribution in [0.15, 0.2) is 67.9 Å². The molecule has 2 aromatic carbocycles. The quantitative estimate of drug-likeness (QED) is 0.261. The Labute approximate surface area is 234 Å². The van der Waals surface area contributed by atoms with Crippen molar-refractivity contribution in [3.63, 3.8) is 0 Å². The maximum absolute atomic E-state index is 14.2. The Bertz CT molecular complexity index is 1560. The van der Waals surface area contributed by atoms with E-state index in [2.05, 4.69) is 9.88 Å². The van der Waals surface area contributed by atoms with E-state index < -0.39 is 54.9 Å². The zero-order chi connectivity index (χ0) is 30.0. The molecule has 0 aliphatic carbocycles. The summed E-state index contributed by atoms with van der Waals surface area (Å²) in [6, 6.07) is 7.97. The van der Waals surface area contributed by atoms with Crippen LogP contribution in [0.2, 0.25) is 0 Å². The topological polar surface area (TPSA) is 102 Å². The van der Waals surface area contributed by atoms with Gasteiger partial charge < -0.3 is 14.2 Å². The molecule has 1 N–H and O–H groups in total. The summed E-state index contributed by atoms with van der Waals surface area (Å²) in [6.07, 6.45) is -9.33. The van der Waals surface area contributed by atoms with Gasteiger partial charge in [-0.1, -0.05) is 29.1 Å². The number of nitrogens with one attached hydrogen (secondary N) is 1. The van der Waals surface area contributed by atoms with Crippen molar-refractivity contribution in [3.05, 3.63) is 71.0 Å². The second-order valence-corrected chi connectivity index (χ2v) is 11.4. The Kier molecular flexibility index (Phi) is 8.75. The fraction of sp³-hybridized carbons (Fsp3) is 0.280. The first-order valence-corrected chi connectivity index (χ1v) is 14.1. The average molecular weight is 622 g/mol. The lowest BCUT2D eigenvalue weighted by molar-refractivity contribution is -0.163. The molecule has 4 rings (SSSR count). The van der Waals surface area contributed by atoms with Crippen LogP contribution in [0, 0.1) is 6.92 Å². The number of hydrogen-bond donors (Lipinski definition) is 1. The highest BCUT2D eigenvalue weighted by Crippen LogP contribution is 2.48. The second-order valence-electron chi connectivity index (χ2n) is 8.68. The van der Waals surface area contributed by atoms with E-state index in [9.17, 15) is 39.6 Å². The van der Waals surface area contributed by atoms with Crippen LogP contribution in [0.5, 0.6) is 0 Å². The number of halogens is 6. The van der Waals surface area contributed by atoms with E-state index in [0.717, 1.165) is 30.3 Å². The Morgan fingerprint density at radius 3 is 2.32 bits per heavy atom. The van der Waals surface area contributed by atoms with Crippen LogP contribution in [0.3, 0.4) is 0 Å². The molecule has 41 heavy (non-hydrogen) atoms. The number of aromatic nitrogens is 1. The summed E-state index contributed by atoms with van der Waals surface area (Å²) >= 11 is 0.365. The summed E-state index contributed by atoms with van der Waals surface area (Å²) in [4.78, 5) is 12.9. The fourth-order valence-electron chi connectivity index (χ4n) is 3.89. The average Bonchev–Trinajstić information content (AvgIpc) is 3.34. The van der Waals surface area contributed by atoms with E-state index >= 15 is 0 Å². The molecule has 1 amide bonds. The van der Waals surface area contributed by atoms with Crippen LogP contribution < -0.4 is 4.72 Å². The molecule has 1 aromatic heterocycles. The number of morpholine rings is 1. The minimum absolute atomic E-state index is 0.0194. The maximum atomic E-state index is 14.2. The SMILES string of the molecule is Cc1cc(S(=O)(=O)Nc2cccc(Sc3ccc(/C=C/C(=O)N4CCOCC4)c(C(F)(F)F)c3C(F)(F)F)c2)no1. The first kappa shape index (κ1) is 30.5. The second kappa shape index (κ2) is 11.8. The number of amides is 1. The van der Waals surface area contributed by atoms with Crippen LogP contribution in [0.4, 0.5) is 32.0 Å². The predicted octanol–water partition coefficient (Wildman–Crippen LogP) is 5.84. The zero-order valence-corrected chi connectivity index (χ0v) is 22.7. The van der Waals surface area contributed by atoms with Gasteiger partial charge in [-0.3, -0.25) is 9.52 Å². The summed E-state index contributed by atoms with van der Waals surface area (Å²) in [6.45, 7) is 2.35. The molecule has 1 fully saturated rings. The lowest BCUT2D eigenvalue weighted by Gasteiger charge is -2.25. The molecule has 0 unspecified atom stereocenters. The fourth-order valence-corrected chi connectivity index (χ4v) is 5.93. The molecule has 0 radical (unpaired) electrons. The van der Waals surface area contributed by atoms with Gasteiger partial charge in [-0.25, -0.2) is 0 Å². The Morgan fingerprint density at radius 1 is 1.02 bits per heavy atom. The van der Waals surface area contributed by atoms with Crippen molar-refractivity contribution in [3.8, 4) is 0 Å². The number of benzene rings is 2. The van der Waals surface area contributed by atoms with Crippen molar-refractivity contribution in [1.82, 2.24) is 10.1 Å². The third-order valence-corrected chi connectivity index (χ3v) is 7.99. The third kappa shape index (κ3) is 7.42. The number of carbonyl (C=O) groups excluding carboxylic acids is 1. The molecule has 0 atom stereocenters. The molecule has 2 heterocycles. The van der Waals surface area contributed by atoms with Gasteiger partial charge in [0.1, 0.15) is 5.76 Å². The summed E-state index contributed by atoms with van der Waals surface area (Å²) in [5, 5.41) is 2.98. The van der Waals surface area contributed by atoms with Gasteiger partial charge in [-0.2, -0.15) is 34.8 Å². The molecule has 220 valence electrons. The monoisotopic (exact) mass is 621 g/mol. The van der Waals surface area contributed by atoms with Crippen LogP contribution in [0.25, 0.3) is 6.08 Å². The number of alkyl halides is 6. The van der Waals surface area contributed by atoms with Gasteiger partial charge >= 0.3 is 12.4 Å². The normalized spacial score (nSPS) is 15.0. The number of hydrogen-bond acceptors (Lipinski definition) is 7. The van der Waals surface area contributed by atoms with Gasteiger partial charge in [0, 0.05) is 40.7 Å². The highest BCUT2D eigenvalue weighted by Gasteiger charge is 2.46. The molecule has 0 saturated carbocycles. The van der Waals surface area contributed by atoms with Gasteiger partial charge in [-0.15, -0.1) is 0 Å². The maximum Gasteiger partial charge on any atom is 0.418 e. The number of nitrogens with zero attached hydrogens (tertiary/aromatic N) is 2. The Balaban J connectivity index is 1.69. The summed E-state index contributed by atoms with van der Waals surface area (Å²) in [5.41, 5.74) is -4.78. The number of carbonyl (C=O) groups is 1. The van der Waals surface area contributed by atoms with Crippen molar-refractivity contribution < 1.29 is 48.8 Å². The van der Waals surface area contributed by atoms with Crippen molar-refractivity contribution >= 4 is 39.5 Å². The lowest BCUT2D eigenvalue weighted by Crippen LogP contribution is -2.39. The van der Waals surface area contributed by atoms with E-state index in [0.29, 0.717) is 17.8 Å². The number of anilines is 1. The highest BCUT2D eigenvalue weighted by atomic mass is 32.2. The lowest BCUT2D eigenvalue weighted by atomic mass is 9.99. The van der Waals surface area contributed by atoms with Crippen LogP contribution in [-0.4, -0.2) is 50.7 Å². The molecule has 0 spiro atoms. The molecule has 1 saturated heterocycles. The first-order chi connectivity index (χ1) is 19.1. The molecule has 8 nitrogen and oxygen atoms in total. The number of aryl methyl sites for hydroxylation is 1. The third-order valence-electron chi connectivity index (χ3n) is 5.69. The molecule has 1 aliphatic heterocycles. The minimum Gasteiger partial charge on any atom is -0.378 e. The van der Waals surface area contributed by atoms with Gasteiger partial charge in [0.25, 0.3) is 10.0 Å². The summed E-state index contributed by atoms with van der Waals surface area (Å²) in [7, 11) is -4.21. The van der Waals surface area contributed by atoms with Crippen LogP contribution in [0.1, 0.15) is 22.5 Å². The Morgan fingerprint density at radius 2 is 1.71 bits per heavy atom. The van der Waals surface area contributed by atoms with E-state index in [4.69, 9.17) is 9.26 Å². The first-order valence-electron chi connectivity index (χ1n) is 11.8. The predicted molar refractivity (Wildman–Crippen MR) is 135 cm³/mol. The largest absolute Gasteiger partial charge is 0.418 e. The highest BCUT2D eigenvalue weighted by molar-refractivity contribution is 7.99. The molecule has 0 bridgehead atoms. The molecule has 3 aromatic rings. The van der Waals surface area contributed by atoms with E-state index in [-0.39, 0.29) is 42.6 Å².